The zero-order valence-corrected chi connectivity index (χ0v) is 16.6. The van der Waals surface area contributed by atoms with Gasteiger partial charge in [-0.1, -0.05) is 45.7 Å². The lowest BCUT2D eigenvalue weighted by Gasteiger charge is -2.59. The number of hydrogen-bond donors (Lipinski definition) is 1. The minimum atomic E-state index is 0.379. The van der Waals surface area contributed by atoms with Crippen LogP contribution in [0.5, 0.6) is 0 Å². The van der Waals surface area contributed by atoms with E-state index in [0.29, 0.717) is 16.7 Å². The molecule has 1 N–H and O–H groups in total. The third-order valence-corrected chi connectivity index (χ3v) is 9.01. The molecule has 0 amide bonds. The Kier molecular flexibility index (Phi) is 5.06. The predicted molar refractivity (Wildman–Crippen MR) is 101 cm³/mol. The van der Waals surface area contributed by atoms with E-state index in [4.69, 9.17) is 0 Å². The van der Waals surface area contributed by atoms with Crippen LogP contribution < -0.4 is 0 Å². The molecule has 24 heavy (non-hydrogen) atoms. The number of oxime groups is 1. The summed E-state index contributed by atoms with van der Waals surface area (Å²) in [5.74, 6) is 4.14. The highest BCUT2D eigenvalue weighted by Crippen LogP contribution is 2.66. The van der Waals surface area contributed by atoms with Crippen LogP contribution in [0.15, 0.2) is 5.16 Å². The summed E-state index contributed by atoms with van der Waals surface area (Å²) >= 11 is 0. The largest absolute Gasteiger partial charge is 0.411 e. The second kappa shape index (κ2) is 6.65. The van der Waals surface area contributed by atoms with Crippen molar-refractivity contribution in [3.05, 3.63) is 0 Å². The van der Waals surface area contributed by atoms with Gasteiger partial charge in [-0.15, -0.1) is 0 Å². The van der Waals surface area contributed by atoms with Crippen LogP contribution in [-0.4, -0.2) is 10.9 Å². The number of hydrogen-bond acceptors (Lipinski definition) is 2. The zero-order valence-electron chi connectivity index (χ0n) is 16.6. The number of nitrogens with zero attached hydrogens (tertiary/aromatic N) is 1. The molecule has 0 aromatic carbocycles. The Bertz CT molecular complexity index is 486. The van der Waals surface area contributed by atoms with Crippen LogP contribution in [0.4, 0.5) is 0 Å². The van der Waals surface area contributed by atoms with Crippen LogP contribution in [0.1, 0.15) is 92.4 Å². The molecule has 0 saturated heterocycles. The maximum absolute atomic E-state index is 9.34. The highest BCUT2D eigenvalue weighted by Gasteiger charge is 2.59. The van der Waals surface area contributed by atoms with Gasteiger partial charge in [-0.25, -0.2) is 0 Å². The maximum atomic E-state index is 9.34. The van der Waals surface area contributed by atoms with E-state index in [1.807, 2.05) is 6.92 Å². The molecular formula is C22H39NO. The summed E-state index contributed by atoms with van der Waals surface area (Å²) in [5.41, 5.74) is 1.92. The Hall–Kier alpha value is -0.530. The first-order chi connectivity index (χ1) is 11.4. The average molecular weight is 334 g/mol. The van der Waals surface area contributed by atoms with E-state index >= 15 is 0 Å². The summed E-state index contributed by atoms with van der Waals surface area (Å²) in [6.07, 6.45) is 12.3. The first kappa shape index (κ1) is 18.3. The van der Waals surface area contributed by atoms with Crippen LogP contribution in [0, 0.1) is 40.4 Å². The molecule has 3 rings (SSSR count). The Morgan fingerprint density at radius 2 is 1.79 bits per heavy atom. The molecule has 3 aliphatic rings. The molecule has 0 spiro atoms. The maximum Gasteiger partial charge on any atom is 0.0576 e. The Labute approximate surface area is 149 Å². The molecule has 2 heteroatoms. The van der Waals surface area contributed by atoms with Gasteiger partial charge >= 0.3 is 0 Å². The van der Waals surface area contributed by atoms with E-state index in [9.17, 15) is 5.21 Å². The van der Waals surface area contributed by atoms with Gasteiger partial charge < -0.3 is 5.21 Å². The monoisotopic (exact) mass is 333 g/mol. The van der Waals surface area contributed by atoms with E-state index in [1.54, 1.807) is 0 Å². The standard InChI is InChI=1S/C22H39NO/c1-6-13-21(4)16(7-2)8-9-17-19-11-10-18(15(3)23-24)22(19,5)14-12-20(17)21/h16-20,24H,6-14H2,1-5H3/b23-15+. The Morgan fingerprint density at radius 1 is 1.04 bits per heavy atom. The summed E-state index contributed by atoms with van der Waals surface area (Å²) in [5, 5.41) is 13.0. The van der Waals surface area contributed by atoms with E-state index in [0.717, 1.165) is 29.4 Å². The minimum Gasteiger partial charge on any atom is -0.411 e. The summed E-state index contributed by atoms with van der Waals surface area (Å²) in [6, 6.07) is 0. The molecule has 0 heterocycles. The highest BCUT2D eigenvalue weighted by molar-refractivity contribution is 5.84. The third kappa shape index (κ3) is 2.54. The summed E-state index contributed by atoms with van der Waals surface area (Å²) in [6.45, 7) is 12.0. The van der Waals surface area contributed by atoms with Crippen LogP contribution in [0.2, 0.25) is 0 Å². The van der Waals surface area contributed by atoms with E-state index < -0.39 is 0 Å². The molecule has 3 fully saturated rings. The van der Waals surface area contributed by atoms with Gasteiger partial charge in [0.25, 0.3) is 0 Å². The normalized spacial score (nSPS) is 48.9. The van der Waals surface area contributed by atoms with Crippen molar-refractivity contribution in [2.45, 2.75) is 92.4 Å². The summed E-state index contributed by atoms with van der Waals surface area (Å²) < 4.78 is 0. The van der Waals surface area contributed by atoms with Gasteiger partial charge in [0, 0.05) is 5.92 Å². The van der Waals surface area contributed by atoms with Crippen molar-refractivity contribution in [2.24, 2.45) is 45.6 Å². The first-order valence-electron chi connectivity index (χ1n) is 10.6. The van der Waals surface area contributed by atoms with Crippen LogP contribution >= 0.6 is 0 Å². The van der Waals surface area contributed by atoms with Crippen molar-refractivity contribution in [2.75, 3.05) is 0 Å². The second-order valence-corrected chi connectivity index (χ2v) is 9.73. The van der Waals surface area contributed by atoms with Crippen LogP contribution in [0.3, 0.4) is 0 Å². The molecule has 7 unspecified atom stereocenters. The van der Waals surface area contributed by atoms with Crippen molar-refractivity contribution in [1.29, 1.82) is 0 Å². The fourth-order valence-corrected chi connectivity index (χ4v) is 7.89. The average Bonchev–Trinajstić information content (AvgIpc) is 2.92. The molecule has 0 aliphatic heterocycles. The molecule has 0 aromatic heterocycles. The molecular weight excluding hydrogens is 294 g/mol. The van der Waals surface area contributed by atoms with Crippen LogP contribution in [0.25, 0.3) is 0 Å². The minimum absolute atomic E-state index is 0.379. The Morgan fingerprint density at radius 3 is 2.42 bits per heavy atom. The lowest BCUT2D eigenvalue weighted by molar-refractivity contribution is -0.0957. The predicted octanol–water partition coefficient (Wildman–Crippen LogP) is 6.52. The number of rotatable bonds is 4. The highest BCUT2D eigenvalue weighted by atomic mass is 16.4. The SMILES string of the molecule is CCCC1(C)C(CC)CCC2C1CCC1(C)C(/C(C)=N/O)CCC21. The Balaban J connectivity index is 1.89. The van der Waals surface area contributed by atoms with Gasteiger partial charge in [0.05, 0.1) is 5.71 Å². The lowest BCUT2D eigenvalue weighted by atomic mass is 9.46. The molecule has 0 bridgehead atoms. The third-order valence-electron chi connectivity index (χ3n) is 9.01. The van der Waals surface area contributed by atoms with Crippen LogP contribution in [-0.2, 0) is 0 Å². The molecule has 3 aliphatic carbocycles. The fourth-order valence-electron chi connectivity index (χ4n) is 7.89. The van der Waals surface area contributed by atoms with E-state index in [-0.39, 0.29) is 0 Å². The smallest absolute Gasteiger partial charge is 0.0576 e. The molecule has 3 saturated carbocycles. The summed E-state index contributed by atoms with van der Waals surface area (Å²) in [4.78, 5) is 0. The summed E-state index contributed by atoms with van der Waals surface area (Å²) in [7, 11) is 0. The fraction of sp³-hybridized carbons (Fsp3) is 0.955. The van der Waals surface area contributed by atoms with Gasteiger partial charge in [0.15, 0.2) is 0 Å². The van der Waals surface area contributed by atoms with Crippen molar-refractivity contribution < 1.29 is 5.21 Å². The van der Waals surface area contributed by atoms with Crippen molar-refractivity contribution in [3.63, 3.8) is 0 Å². The van der Waals surface area contributed by atoms with Gasteiger partial charge in [0.1, 0.15) is 0 Å². The van der Waals surface area contributed by atoms with Crippen molar-refractivity contribution in [1.82, 2.24) is 0 Å². The van der Waals surface area contributed by atoms with Gasteiger partial charge in [0.2, 0.25) is 0 Å². The van der Waals surface area contributed by atoms with E-state index in [2.05, 4.69) is 32.9 Å². The van der Waals surface area contributed by atoms with Crippen molar-refractivity contribution >= 4 is 5.71 Å². The topological polar surface area (TPSA) is 32.6 Å². The molecule has 0 radical (unpaired) electrons. The quantitative estimate of drug-likeness (QED) is 0.354. The van der Waals surface area contributed by atoms with E-state index in [1.165, 1.54) is 57.8 Å². The number of fused-ring (bicyclic) bond motifs is 3. The zero-order chi connectivity index (χ0) is 17.5. The first-order valence-corrected chi connectivity index (χ1v) is 10.6. The second-order valence-electron chi connectivity index (χ2n) is 9.73. The van der Waals surface area contributed by atoms with Crippen molar-refractivity contribution in [3.8, 4) is 0 Å². The van der Waals surface area contributed by atoms with Gasteiger partial charge in [-0.05, 0) is 86.4 Å². The molecule has 7 atom stereocenters. The molecule has 2 nitrogen and oxygen atoms in total. The molecule has 138 valence electrons. The van der Waals surface area contributed by atoms with Gasteiger partial charge in [-0.3, -0.25) is 0 Å². The molecule has 0 aromatic rings. The van der Waals surface area contributed by atoms with Gasteiger partial charge in [-0.2, -0.15) is 0 Å². The lowest BCUT2D eigenvalue weighted by Crippen LogP contribution is -2.52.